The maximum absolute atomic E-state index is 12.4. The number of rotatable bonds is 6. The largest absolute Gasteiger partial charge is 0.350 e. The fourth-order valence-corrected chi connectivity index (χ4v) is 3.70. The molecular formula is C21H21N5O3. The summed E-state index contributed by atoms with van der Waals surface area (Å²) in [6, 6.07) is 11.5. The molecule has 0 unspecified atom stereocenters. The molecule has 1 amide bonds. The fourth-order valence-electron chi connectivity index (χ4n) is 3.70. The molecule has 2 aromatic heterocycles. The number of non-ortho nitro benzene ring substituents is 1. The zero-order valence-electron chi connectivity index (χ0n) is 15.9. The summed E-state index contributed by atoms with van der Waals surface area (Å²) in [6.07, 6.45) is 5.99. The summed E-state index contributed by atoms with van der Waals surface area (Å²) < 4.78 is 1.96. The van der Waals surface area contributed by atoms with Crippen molar-refractivity contribution in [2.24, 2.45) is 0 Å². The van der Waals surface area contributed by atoms with Crippen LogP contribution in [0.15, 0.2) is 48.7 Å². The smallest absolute Gasteiger partial charge is 0.270 e. The Labute approximate surface area is 167 Å². The van der Waals surface area contributed by atoms with Crippen LogP contribution in [0.5, 0.6) is 0 Å². The lowest BCUT2D eigenvalue weighted by atomic mass is 9.95. The summed E-state index contributed by atoms with van der Waals surface area (Å²) in [6.45, 7) is 0.924. The minimum Gasteiger partial charge on any atom is -0.350 e. The van der Waals surface area contributed by atoms with Crippen LogP contribution >= 0.6 is 0 Å². The lowest BCUT2D eigenvalue weighted by Crippen LogP contribution is -2.28. The van der Waals surface area contributed by atoms with Crippen molar-refractivity contribution < 1.29 is 9.72 Å². The number of hydrogen-bond acceptors (Lipinski definition) is 5. The zero-order chi connectivity index (χ0) is 20.2. The number of fused-ring (bicyclic) bond motifs is 1. The summed E-state index contributed by atoms with van der Waals surface area (Å²) in [5, 5.41) is 18.5. The third-order valence-electron chi connectivity index (χ3n) is 5.09. The molecule has 0 radical (unpaired) electrons. The van der Waals surface area contributed by atoms with E-state index >= 15 is 0 Å². The number of nitrogens with one attached hydrogen (secondary N) is 1. The molecule has 0 aliphatic heterocycles. The van der Waals surface area contributed by atoms with E-state index in [1.165, 1.54) is 29.5 Å². The Balaban J connectivity index is 1.48. The molecule has 4 rings (SSSR count). The monoisotopic (exact) mass is 391 g/mol. The standard InChI is InChI=1S/C21H21N5O3/c27-21(15-6-5-7-16(14-15)26(28)29)23-12-13-25-19-10-2-1-8-17(19)20(24-25)18-9-3-4-11-22-18/h3-7,9,11,14H,1-2,8,10,12-13H2,(H,23,27). The summed E-state index contributed by atoms with van der Waals surface area (Å²) in [7, 11) is 0. The van der Waals surface area contributed by atoms with Crippen LogP contribution in [0.4, 0.5) is 5.69 Å². The maximum atomic E-state index is 12.4. The highest BCUT2D eigenvalue weighted by Gasteiger charge is 2.22. The molecule has 0 saturated heterocycles. The van der Waals surface area contributed by atoms with Crippen molar-refractivity contribution in [3.63, 3.8) is 0 Å². The van der Waals surface area contributed by atoms with Gasteiger partial charge in [0.15, 0.2) is 0 Å². The Kier molecular flexibility index (Phi) is 5.33. The van der Waals surface area contributed by atoms with E-state index < -0.39 is 4.92 Å². The van der Waals surface area contributed by atoms with E-state index in [0.29, 0.717) is 13.1 Å². The zero-order valence-corrected chi connectivity index (χ0v) is 15.9. The van der Waals surface area contributed by atoms with E-state index in [1.807, 2.05) is 22.9 Å². The maximum Gasteiger partial charge on any atom is 0.270 e. The van der Waals surface area contributed by atoms with E-state index in [9.17, 15) is 14.9 Å². The predicted octanol–water partition coefficient (Wildman–Crippen LogP) is 3.16. The first-order chi connectivity index (χ1) is 14.1. The highest BCUT2D eigenvalue weighted by molar-refractivity contribution is 5.94. The van der Waals surface area contributed by atoms with Gasteiger partial charge in [-0.1, -0.05) is 12.1 Å². The summed E-state index contributed by atoms with van der Waals surface area (Å²) >= 11 is 0. The second kappa shape index (κ2) is 8.22. The van der Waals surface area contributed by atoms with Gasteiger partial charge < -0.3 is 5.32 Å². The van der Waals surface area contributed by atoms with Crippen molar-refractivity contribution in [2.75, 3.05) is 6.54 Å². The third kappa shape index (κ3) is 4.01. The van der Waals surface area contributed by atoms with Crippen molar-refractivity contribution in [2.45, 2.75) is 32.2 Å². The summed E-state index contributed by atoms with van der Waals surface area (Å²) in [5.74, 6) is -0.334. The number of amides is 1. The number of benzene rings is 1. The molecule has 29 heavy (non-hydrogen) atoms. The number of carbonyl (C=O) groups is 1. The van der Waals surface area contributed by atoms with Gasteiger partial charge >= 0.3 is 0 Å². The van der Waals surface area contributed by atoms with Crippen LogP contribution in [0.2, 0.25) is 0 Å². The number of carbonyl (C=O) groups excluding carboxylic acids is 1. The van der Waals surface area contributed by atoms with Crippen LogP contribution in [0, 0.1) is 10.1 Å². The molecule has 2 heterocycles. The van der Waals surface area contributed by atoms with E-state index in [4.69, 9.17) is 5.10 Å². The van der Waals surface area contributed by atoms with Gasteiger partial charge in [-0.25, -0.2) is 0 Å². The number of aromatic nitrogens is 3. The lowest BCUT2D eigenvalue weighted by Gasteiger charge is -2.14. The number of pyridine rings is 1. The van der Waals surface area contributed by atoms with Gasteiger partial charge in [-0.05, 0) is 43.9 Å². The molecule has 148 valence electrons. The summed E-state index contributed by atoms with van der Waals surface area (Å²) in [4.78, 5) is 27.2. The average Bonchev–Trinajstić information content (AvgIpc) is 3.13. The predicted molar refractivity (Wildman–Crippen MR) is 108 cm³/mol. The molecule has 1 N–H and O–H groups in total. The molecule has 0 saturated carbocycles. The average molecular weight is 391 g/mol. The molecular weight excluding hydrogens is 370 g/mol. The molecule has 0 atom stereocenters. The van der Waals surface area contributed by atoms with Crippen molar-refractivity contribution in [3.8, 4) is 11.4 Å². The molecule has 1 aromatic carbocycles. The van der Waals surface area contributed by atoms with Gasteiger partial charge in [0.2, 0.25) is 0 Å². The van der Waals surface area contributed by atoms with Gasteiger partial charge in [0.1, 0.15) is 5.69 Å². The molecule has 0 fully saturated rings. The Morgan fingerprint density at radius 1 is 1.17 bits per heavy atom. The molecule has 1 aliphatic carbocycles. The normalized spacial score (nSPS) is 13.0. The molecule has 0 spiro atoms. The number of nitro benzene ring substituents is 1. The molecule has 8 heteroatoms. The highest BCUT2D eigenvalue weighted by Crippen LogP contribution is 2.30. The van der Waals surface area contributed by atoms with Gasteiger partial charge in [-0.3, -0.25) is 24.6 Å². The topological polar surface area (TPSA) is 103 Å². The first kappa shape index (κ1) is 18.8. The van der Waals surface area contributed by atoms with Gasteiger partial charge in [-0.15, -0.1) is 0 Å². The fraction of sp³-hybridized carbons (Fsp3) is 0.286. The molecule has 1 aliphatic rings. The van der Waals surface area contributed by atoms with Crippen molar-refractivity contribution in [1.29, 1.82) is 0 Å². The lowest BCUT2D eigenvalue weighted by molar-refractivity contribution is -0.384. The minimum atomic E-state index is -0.508. The van der Waals surface area contributed by atoms with Gasteiger partial charge in [0.25, 0.3) is 11.6 Å². The molecule has 8 nitrogen and oxygen atoms in total. The first-order valence-corrected chi connectivity index (χ1v) is 9.66. The number of nitrogens with zero attached hydrogens (tertiary/aromatic N) is 4. The van der Waals surface area contributed by atoms with Crippen LogP contribution in [-0.4, -0.2) is 32.1 Å². The van der Waals surface area contributed by atoms with Crippen molar-refractivity contribution in [1.82, 2.24) is 20.1 Å². The minimum absolute atomic E-state index is 0.0983. The van der Waals surface area contributed by atoms with Crippen LogP contribution < -0.4 is 5.32 Å². The second-order valence-corrected chi connectivity index (χ2v) is 6.98. The SMILES string of the molecule is O=C(NCCn1nc(-c2ccccn2)c2c1CCCC2)c1cccc([N+](=O)[O-])c1. The van der Waals surface area contributed by atoms with E-state index in [0.717, 1.165) is 37.1 Å². The third-order valence-corrected chi connectivity index (χ3v) is 5.09. The van der Waals surface area contributed by atoms with E-state index in [1.54, 1.807) is 12.3 Å². The van der Waals surface area contributed by atoms with Crippen LogP contribution in [-0.2, 0) is 19.4 Å². The van der Waals surface area contributed by atoms with E-state index in [2.05, 4.69) is 10.3 Å². The summed E-state index contributed by atoms with van der Waals surface area (Å²) in [5.41, 5.74) is 4.42. The first-order valence-electron chi connectivity index (χ1n) is 9.66. The van der Waals surface area contributed by atoms with Gasteiger partial charge in [-0.2, -0.15) is 5.10 Å². The second-order valence-electron chi connectivity index (χ2n) is 6.98. The van der Waals surface area contributed by atoms with Gasteiger partial charge in [0.05, 0.1) is 17.2 Å². The van der Waals surface area contributed by atoms with Gasteiger partial charge in [0, 0.05) is 41.7 Å². The molecule has 3 aromatic rings. The van der Waals surface area contributed by atoms with Crippen molar-refractivity contribution >= 4 is 11.6 Å². The Morgan fingerprint density at radius 3 is 2.83 bits per heavy atom. The number of nitro groups is 1. The Bertz CT molecular complexity index is 1050. The number of hydrogen-bond donors (Lipinski definition) is 1. The molecule has 0 bridgehead atoms. The van der Waals surface area contributed by atoms with Crippen LogP contribution in [0.3, 0.4) is 0 Å². The van der Waals surface area contributed by atoms with Crippen LogP contribution in [0.25, 0.3) is 11.4 Å². The van der Waals surface area contributed by atoms with E-state index in [-0.39, 0.29) is 17.2 Å². The Morgan fingerprint density at radius 2 is 2.03 bits per heavy atom. The van der Waals surface area contributed by atoms with Crippen LogP contribution in [0.1, 0.15) is 34.5 Å². The highest BCUT2D eigenvalue weighted by atomic mass is 16.6. The quantitative estimate of drug-likeness (QED) is 0.513. The Hall–Kier alpha value is -3.55. The van der Waals surface area contributed by atoms with Crippen molar-refractivity contribution in [3.05, 3.63) is 75.6 Å².